The molecule has 3 aromatic rings. The minimum atomic E-state index is -0.230. The number of nitrogens with one attached hydrogen (secondary N) is 1. The van der Waals surface area contributed by atoms with Crippen LogP contribution < -0.4 is 15.0 Å². The van der Waals surface area contributed by atoms with Crippen LogP contribution in [0.2, 0.25) is 0 Å². The van der Waals surface area contributed by atoms with Gasteiger partial charge in [0, 0.05) is 35.6 Å². The Hall–Kier alpha value is -3.00. The van der Waals surface area contributed by atoms with Gasteiger partial charge in [-0.1, -0.05) is 6.07 Å². The minimum absolute atomic E-state index is 0.230. The Balaban J connectivity index is 1.59. The standard InChI is InChI=1S/C18H17N5O2S/c1-25-13-6-2-5-12(11-13)21-16(24)17-22-15-14(26-17)7-3-10-23(15)18-19-8-4-9-20-18/h2,4-6,8-9,11H,3,7,10H2,1H3,(H,21,24). The molecule has 0 fully saturated rings. The molecule has 0 saturated carbocycles. The topological polar surface area (TPSA) is 80.2 Å². The number of methoxy groups -OCH3 is 1. The highest BCUT2D eigenvalue weighted by Crippen LogP contribution is 2.35. The van der Waals surface area contributed by atoms with Crippen LogP contribution in [0.25, 0.3) is 0 Å². The number of ether oxygens (including phenoxy) is 1. The molecule has 0 unspecified atom stereocenters. The molecule has 26 heavy (non-hydrogen) atoms. The van der Waals surface area contributed by atoms with Gasteiger partial charge in [-0.25, -0.2) is 15.0 Å². The van der Waals surface area contributed by atoms with Crippen molar-refractivity contribution >= 4 is 34.7 Å². The quantitative estimate of drug-likeness (QED) is 0.762. The number of aryl methyl sites for hydroxylation is 1. The molecule has 132 valence electrons. The van der Waals surface area contributed by atoms with Crippen molar-refractivity contribution < 1.29 is 9.53 Å². The van der Waals surface area contributed by atoms with Crippen LogP contribution in [0, 0.1) is 0 Å². The summed E-state index contributed by atoms with van der Waals surface area (Å²) >= 11 is 1.42. The second kappa shape index (κ2) is 7.09. The Morgan fingerprint density at radius 3 is 2.92 bits per heavy atom. The number of aromatic nitrogens is 3. The molecule has 1 aliphatic heterocycles. The average Bonchev–Trinajstić information content (AvgIpc) is 3.13. The zero-order valence-electron chi connectivity index (χ0n) is 14.2. The van der Waals surface area contributed by atoms with Gasteiger partial charge in [0.2, 0.25) is 5.95 Å². The third-order valence-corrected chi connectivity index (χ3v) is 5.14. The molecule has 0 radical (unpaired) electrons. The summed E-state index contributed by atoms with van der Waals surface area (Å²) in [5, 5.41) is 3.31. The number of hydrogen-bond acceptors (Lipinski definition) is 7. The van der Waals surface area contributed by atoms with E-state index in [2.05, 4.69) is 20.3 Å². The normalized spacial score (nSPS) is 13.2. The molecule has 1 aromatic carbocycles. The summed E-state index contributed by atoms with van der Waals surface area (Å²) in [5.74, 6) is 1.85. The number of hydrogen-bond donors (Lipinski definition) is 1. The Bertz CT molecular complexity index is 928. The number of carbonyl (C=O) groups is 1. The Morgan fingerprint density at radius 1 is 1.27 bits per heavy atom. The number of benzene rings is 1. The molecule has 0 spiro atoms. The van der Waals surface area contributed by atoms with Gasteiger partial charge in [-0.05, 0) is 31.0 Å². The Morgan fingerprint density at radius 2 is 2.12 bits per heavy atom. The lowest BCUT2D eigenvalue weighted by molar-refractivity contribution is 0.102. The maximum atomic E-state index is 12.6. The number of rotatable bonds is 4. The molecule has 7 nitrogen and oxygen atoms in total. The molecule has 0 saturated heterocycles. The van der Waals surface area contributed by atoms with E-state index >= 15 is 0 Å². The van der Waals surface area contributed by atoms with E-state index in [1.54, 1.807) is 31.6 Å². The Kier molecular flexibility index (Phi) is 4.49. The van der Waals surface area contributed by atoms with Crippen molar-refractivity contribution in [3.8, 4) is 5.75 Å². The Labute approximate surface area is 154 Å². The molecule has 0 aliphatic carbocycles. The summed E-state index contributed by atoms with van der Waals surface area (Å²) in [4.78, 5) is 28.9. The van der Waals surface area contributed by atoms with Gasteiger partial charge in [-0.3, -0.25) is 9.69 Å². The average molecular weight is 367 g/mol. The first kappa shape index (κ1) is 16.5. The van der Waals surface area contributed by atoms with Gasteiger partial charge < -0.3 is 10.1 Å². The van der Waals surface area contributed by atoms with Crippen molar-refractivity contribution in [3.05, 3.63) is 52.6 Å². The second-order valence-electron chi connectivity index (χ2n) is 5.76. The van der Waals surface area contributed by atoms with Gasteiger partial charge in [0.1, 0.15) is 5.75 Å². The van der Waals surface area contributed by atoms with Crippen molar-refractivity contribution in [2.45, 2.75) is 12.8 Å². The molecule has 1 aliphatic rings. The second-order valence-corrected chi connectivity index (χ2v) is 6.84. The van der Waals surface area contributed by atoms with E-state index in [1.807, 2.05) is 23.1 Å². The van der Waals surface area contributed by atoms with Crippen molar-refractivity contribution in [1.82, 2.24) is 15.0 Å². The van der Waals surface area contributed by atoms with E-state index in [9.17, 15) is 4.79 Å². The van der Waals surface area contributed by atoms with Gasteiger partial charge in [0.15, 0.2) is 10.8 Å². The number of anilines is 3. The van der Waals surface area contributed by atoms with Crippen molar-refractivity contribution in [2.75, 3.05) is 23.9 Å². The van der Waals surface area contributed by atoms with Crippen LogP contribution in [0.4, 0.5) is 17.5 Å². The van der Waals surface area contributed by atoms with Crippen molar-refractivity contribution in [1.29, 1.82) is 0 Å². The zero-order chi connectivity index (χ0) is 17.9. The molecule has 0 atom stereocenters. The molecule has 0 bridgehead atoms. The van der Waals surface area contributed by atoms with Crippen molar-refractivity contribution in [3.63, 3.8) is 0 Å². The smallest absolute Gasteiger partial charge is 0.284 e. The summed E-state index contributed by atoms with van der Waals surface area (Å²) in [5.41, 5.74) is 0.672. The first-order chi connectivity index (χ1) is 12.7. The van der Waals surface area contributed by atoms with Gasteiger partial charge in [0.25, 0.3) is 5.91 Å². The molecular formula is C18H17N5O2S. The third kappa shape index (κ3) is 3.23. The SMILES string of the molecule is COc1cccc(NC(=O)c2nc3c(s2)CCCN3c2ncccn2)c1. The van der Waals surface area contributed by atoms with Gasteiger partial charge in [-0.15, -0.1) is 11.3 Å². The molecular weight excluding hydrogens is 350 g/mol. The van der Waals surface area contributed by atoms with Gasteiger partial charge in [-0.2, -0.15) is 0 Å². The van der Waals surface area contributed by atoms with Gasteiger partial charge in [0.05, 0.1) is 7.11 Å². The predicted octanol–water partition coefficient (Wildman–Crippen LogP) is 3.28. The van der Waals surface area contributed by atoms with E-state index in [0.29, 0.717) is 22.4 Å². The van der Waals surface area contributed by atoms with E-state index in [1.165, 1.54) is 11.3 Å². The molecule has 1 N–H and O–H groups in total. The van der Waals surface area contributed by atoms with E-state index in [-0.39, 0.29) is 5.91 Å². The van der Waals surface area contributed by atoms with E-state index < -0.39 is 0 Å². The number of nitrogens with zero attached hydrogens (tertiary/aromatic N) is 4. The fourth-order valence-corrected chi connectivity index (χ4v) is 3.83. The largest absolute Gasteiger partial charge is 0.497 e. The van der Waals surface area contributed by atoms with Crippen LogP contribution in [0.3, 0.4) is 0 Å². The lowest BCUT2D eigenvalue weighted by Crippen LogP contribution is -2.26. The first-order valence-electron chi connectivity index (χ1n) is 8.24. The highest BCUT2D eigenvalue weighted by molar-refractivity contribution is 7.14. The van der Waals surface area contributed by atoms with Crippen LogP contribution in [-0.2, 0) is 6.42 Å². The highest BCUT2D eigenvalue weighted by Gasteiger charge is 2.26. The molecule has 4 rings (SSSR count). The monoisotopic (exact) mass is 367 g/mol. The molecule has 1 amide bonds. The third-order valence-electron chi connectivity index (χ3n) is 4.03. The summed E-state index contributed by atoms with van der Waals surface area (Å²) in [6, 6.07) is 9.03. The number of fused-ring (bicyclic) bond motifs is 1. The number of thiazole rings is 1. The van der Waals surface area contributed by atoms with Crippen molar-refractivity contribution in [2.24, 2.45) is 0 Å². The van der Waals surface area contributed by atoms with Gasteiger partial charge >= 0.3 is 0 Å². The van der Waals surface area contributed by atoms with Crippen LogP contribution in [-0.4, -0.2) is 34.5 Å². The minimum Gasteiger partial charge on any atom is -0.497 e. The molecule has 8 heteroatoms. The highest BCUT2D eigenvalue weighted by atomic mass is 32.1. The van der Waals surface area contributed by atoms with E-state index in [0.717, 1.165) is 30.1 Å². The molecule has 3 heterocycles. The number of amides is 1. The number of carbonyl (C=O) groups excluding carboxylic acids is 1. The summed E-state index contributed by atoms with van der Waals surface area (Å²) in [6.07, 6.45) is 5.30. The van der Waals surface area contributed by atoms with Crippen LogP contribution >= 0.6 is 11.3 Å². The lowest BCUT2D eigenvalue weighted by atomic mass is 10.2. The maximum Gasteiger partial charge on any atom is 0.284 e. The lowest BCUT2D eigenvalue weighted by Gasteiger charge is -2.25. The van der Waals surface area contributed by atoms with Crippen LogP contribution in [0.15, 0.2) is 42.7 Å². The fourth-order valence-electron chi connectivity index (χ4n) is 2.83. The zero-order valence-corrected chi connectivity index (χ0v) is 15.0. The summed E-state index contributed by atoms with van der Waals surface area (Å²) < 4.78 is 5.19. The van der Waals surface area contributed by atoms with Crippen LogP contribution in [0.5, 0.6) is 5.75 Å². The maximum absolute atomic E-state index is 12.6. The predicted molar refractivity (Wildman–Crippen MR) is 100 cm³/mol. The molecule has 2 aromatic heterocycles. The fraction of sp³-hybridized carbons (Fsp3) is 0.222. The van der Waals surface area contributed by atoms with Crippen LogP contribution in [0.1, 0.15) is 21.1 Å². The van der Waals surface area contributed by atoms with E-state index in [4.69, 9.17) is 4.74 Å². The summed E-state index contributed by atoms with van der Waals surface area (Å²) in [7, 11) is 1.59. The first-order valence-corrected chi connectivity index (χ1v) is 9.06. The summed E-state index contributed by atoms with van der Waals surface area (Å²) in [6.45, 7) is 0.789.